The molecule has 0 aromatic heterocycles. The second-order valence-corrected chi connectivity index (χ2v) is 6.81. The summed E-state index contributed by atoms with van der Waals surface area (Å²) in [5, 5.41) is 8.65. The summed E-state index contributed by atoms with van der Waals surface area (Å²) in [6.07, 6.45) is 4.55. The number of nitrogens with two attached hydrogens (primary N) is 1. The van der Waals surface area contributed by atoms with Crippen LogP contribution in [0.2, 0.25) is 0 Å². The summed E-state index contributed by atoms with van der Waals surface area (Å²) in [5.41, 5.74) is 1.47. The van der Waals surface area contributed by atoms with Gasteiger partial charge in [0.15, 0.2) is 0 Å². The maximum absolute atomic E-state index is 11.5. The molecule has 1 aliphatic rings. The number of primary sulfonamides is 1. The van der Waals surface area contributed by atoms with E-state index in [2.05, 4.69) is 5.32 Å². The summed E-state index contributed by atoms with van der Waals surface area (Å²) in [5.74, 6) is 0. The van der Waals surface area contributed by atoms with Crippen LogP contribution in [0.4, 0.5) is 5.69 Å². The van der Waals surface area contributed by atoms with Crippen molar-refractivity contribution in [2.24, 2.45) is 5.14 Å². The number of hydrogen-bond donors (Lipinski definition) is 2. The van der Waals surface area contributed by atoms with Gasteiger partial charge in [0.05, 0.1) is 17.0 Å². The molecule has 2 unspecified atom stereocenters. The van der Waals surface area contributed by atoms with Gasteiger partial charge in [-0.1, -0.05) is 18.9 Å². The molecule has 1 fully saturated rings. The lowest BCUT2D eigenvalue weighted by Crippen LogP contribution is -2.38. The number of sulfonamides is 1. The van der Waals surface area contributed by atoms with Crippen molar-refractivity contribution in [2.75, 3.05) is 12.4 Å². The molecule has 0 aliphatic heterocycles. The molecule has 0 amide bonds. The Labute approximate surface area is 120 Å². The van der Waals surface area contributed by atoms with Crippen LogP contribution in [-0.2, 0) is 14.8 Å². The molecule has 20 heavy (non-hydrogen) atoms. The molecule has 1 aromatic carbocycles. The summed E-state index contributed by atoms with van der Waals surface area (Å²) in [6, 6.07) is 5.33. The Kier molecular flexibility index (Phi) is 4.67. The Balaban J connectivity index is 2.25. The van der Waals surface area contributed by atoms with Crippen molar-refractivity contribution in [1.82, 2.24) is 0 Å². The first-order chi connectivity index (χ1) is 9.43. The zero-order valence-corrected chi connectivity index (χ0v) is 12.7. The zero-order chi connectivity index (χ0) is 14.8. The van der Waals surface area contributed by atoms with Gasteiger partial charge in [-0.2, -0.15) is 0 Å². The van der Waals surface area contributed by atoms with Crippen LogP contribution < -0.4 is 10.5 Å². The molecule has 5 nitrogen and oxygen atoms in total. The van der Waals surface area contributed by atoms with Crippen LogP contribution in [0.25, 0.3) is 0 Å². The van der Waals surface area contributed by atoms with E-state index in [1.807, 2.05) is 6.07 Å². The minimum absolute atomic E-state index is 0.168. The van der Waals surface area contributed by atoms with Crippen molar-refractivity contribution < 1.29 is 13.2 Å². The third kappa shape index (κ3) is 3.31. The van der Waals surface area contributed by atoms with Crippen molar-refractivity contribution in [3.05, 3.63) is 23.8 Å². The van der Waals surface area contributed by atoms with Gasteiger partial charge in [0, 0.05) is 12.8 Å². The lowest BCUT2D eigenvalue weighted by atomic mass is 9.92. The maximum Gasteiger partial charge on any atom is 0.238 e. The first-order valence-corrected chi connectivity index (χ1v) is 8.40. The highest BCUT2D eigenvalue weighted by Gasteiger charge is 2.25. The average molecular weight is 298 g/mol. The first-order valence-electron chi connectivity index (χ1n) is 6.85. The van der Waals surface area contributed by atoms with E-state index in [4.69, 9.17) is 9.88 Å². The predicted molar refractivity (Wildman–Crippen MR) is 79.2 cm³/mol. The fourth-order valence-corrected chi connectivity index (χ4v) is 3.63. The van der Waals surface area contributed by atoms with Gasteiger partial charge >= 0.3 is 0 Å². The van der Waals surface area contributed by atoms with Gasteiger partial charge in [0.1, 0.15) is 0 Å². The van der Waals surface area contributed by atoms with Gasteiger partial charge in [-0.3, -0.25) is 0 Å². The molecule has 0 heterocycles. The average Bonchev–Trinajstić information content (AvgIpc) is 2.40. The first kappa shape index (κ1) is 15.3. The molecule has 6 heteroatoms. The van der Waals surface area contributed by atoms with Crippen molar-refractivity contribution in [3.63, 3.8) is 0 Å². The fraction of sp³-hybridized carbons (Fsp3) is 0.571. The molecule has 2 atom stereocenters. The molecule has 0 radical (unpaired) electrons. The van der Waals surface area contributed by atoms with Gasteiger partial charge in [-0.05, 0) is 37.5 Å². The van der Waals surface area contributed by atoms with Crippen LogP contribution in [0, 0.1) is 6.92 Å². The van der Waals surface area contributed by atoms with E-state index < -0.39 is 10.0 Å². The van der Waals surface area contributed by atoms with Crippen LogP contribution in [0.1, 0.15) is 31.2 Å². The highest BCUT2D eigenvalue weighted by Crippen LogP contribution is 2.27. The quantitative estimate of drug-likeness (QED) is 0.891. The SMILES string of the molecule is COC1CCCCC1Nc1cccc(S(N)(=O)=O)c1C. The second-order valence-electron chi connectivity index (χ2n) is 5.28. The zero-order valence-electron chi connectivity index (χ0n) is 11.9. The minimum atomic E-state index is -3.69. The van der Waals surface area contributed by atoms with Gasteiger partial charge in [0.2, 0.25) is 10.0 Å². The largest absolute Gasteiger partial charge is 0.379 e. The highest BCUT2D eigenvalue weighted by atomic mass is 32.2. The summed E-state index contributed by atoms with van der Waals surface area (Å²) in [4.78, 5) is 0.173. The lowest BCUT2D eigenvalue weighted by Gasteiger charge is -2.32. The Bertz CT molecular complexity index is 572. The fourth-order valence-electron chi connectivity index (χ4n) is 2.82. The Morgan fingerprint density at radius 2 is 2.00 bits per heavy atom. The molecular formula is C14H22N2O3S. The Hall–Kier alpha value is -1.11. The lowest BCUT2D eigenvalue weighted by molar-refractivity contribution is 0.0606. The number of hydrogen-bond acceptors (Lipinski definition) is 4. The van der Waals surface area contributed by atoms with E-state index >= 15 is 0 Å². The predicted octanol–water partition coefficient (Wildman–Crippen LogP) is 2.01. The molecule has 1 aliphatic carbocycles. The summed E-state index contributed by atoms with van der Waals surface area (Å²) in [7, 11) is -1.97. The minimum Gasteiger partial charge on any atom is -0.379 e. The van der Waals surface area contributed by atoms with Crippen molar-refractivity contribution in [1.29, 1.82) is 0 Å². The normalized spacial score (nSPS) is 23.6. The summed E-state index contributed by atoms with van der Waals surface area (Å²) < 4.78 is 28.6. The number of benzene rings is 1. The second kappa shape index (κ2) is 6.11. The van der Waals surface area contributed by atoms with Crippen LogP contribution in [0.15, 0.2) is 23.1 Å². The van der Waals surface area contributed by atoms with Gasteiger partial charge in [0.25, 0.3) is 0 Å². The van der Waals surface area contributed by atoms with E-state index in [-0.39, 0.29) is 17.0 Å². The highest BCUT2D eigenvalue weighted by molar-refractivity contribution is 7.89. The standard InChI is InChI=1S/C14H22N2O3S/c1-10-11(7-5-9-14(10)20(15,17)18)16-12-6-3-4-8-13(12)19-2/h5,7,9,12-13,16H,3-4,6,8H2,1-2H3,(H2,15,17,18). The number of ether oxygens (including phenoxy) is 1. The topological polar surface area (TPSA) is 81.4 Å². The number of nitrogens with one attached hydrogen (secondary N) is 1. The Morgan fingerprint density at radius 3 is 2.65 bits per heavy atom. The van der Waals surface area contributed by atoms with Crippen LogP contribution in [0.5, 0.6) is 0 Å². The molecule has 3 N–H and O–H groups in total. The van der Waals surface area contributed by atoms with Crippen molar-refractivity contribution in [3.8, 4) is 0 Å². The number of anilines is 1. The molecule has 1 aromatic rings. The summed E-state index contributed by atoms with van der Waals surface area (Å²) >= 11 is 0. The van der Waals surface area contributed by atoms with E-state index in [1.165, 1.54) is 12.5 Å². The van der Waals surface area contributed by atoms with Crippen molar-refractivity contribution in [2.45, 2.75) is 49.6 Å². The Morgan fingerprint density at radius 1 is 1.30 bits per heavy atom. The molecule has 2 rings (SSSR count). The smallest absolute Gasteiger partial charge is 0.238 e. The van der Waals surface area contributed by atoms with E-state index in [9.17, 15) is 8.42 Å². The third-order valence-corrected chi connectivity index (χ3v) is 4.99. The van der Waals surface area contributed by atoms with E-state index in [0.717, 1.165) is 24.9 Å². The van der Waals surface area contributed by atoms with E-state index in [1.54, 1.807) is 20.1 Å². The van der Waals surface area contributed by atoms with Crippen molar-refractivity contribution >= 4 is 15.7 Å². The van der Waals surface area contributed by atoms with Gasteiger partial charge in [-0.25, -0.2) is 13.6 Å². The monoisotopic (exact) mass is 298 g/mol. The molecule has 1 saturated carbocycles. The summed E-state index contributed by atoms with van der Waals surface area (Å²) in [6.45, 7) is 1.77. The van der Waals surface area contributed by atoms with E-state index in [0.29, 0.717) is 5.56 Å². The molecule has 0 bridgehead atoms. The van der Waals surface area contributed by atoms with Gasteiger partial charge < -0.3 is 10.1 Å². The molecule has 112 valence electrons. The van der Waals surface area contributed by atoms with Gasteiger partial charge in [-0.15, -0.1) is 0 Å². The number of methoxy groups -OCH3 is 1. The van der Waals surface area contributed by atoms with Crippen LogP contribution in [0.3, 0.4) is 0 Å². The maximum atomic E-state index is 11.5. The van der Waals surface area contributed by atoms with Crippen LogP contribution in [-0.4, -0.2) is 27.7 Å². The molecule has 0 spiro atoms. The third-order valence-electron chi connectivity index (χ3n) is 3.94. The van der Waals surface area contributed by atoms with Crippen LogP contribution >= 0.6 is 0 Å². The molecule has 0 saturated heterocycles. The molecular weight excluding hydrogens is 276 g/mol. The number of rotatable bonds is 4.